The second kappa shape index (κ2) is 6.51. The maximum Gasteiger partial charge on any atom is 0.245 e. The highest BCUT2D eigenvalue weighted by molar-refractivity contribution is 5.97. The predicted octanol–water partition coefficient (Wildman–Crippen LogP) is 4.00. The quantitative estimate of drug-likeness (QED) is 0.510. The van der Waals surface area contributed by atoms with Crippen LogP contribution >= 0.6 is 0 Å². The average Bonchev–Trinajstić information content (AvgIpc) is 3.42. The van der Waals surface area contributed by atoms with Gasteiger partial charge in [-0.3, -0.25) is 9.36 Å². The summed E-state index contributed by atoms with van der Waals surface area (Å²) in [5.41, 5.74) is 4.13. The molecule has 156 valence electrons. The van der Waals surface area contributed by atoms with Gasteiger partial charge in [0.1, 0.15) is 24.0 Å². The highest BCUT2D eigenvalue weighted by atomic mass is 16.2. The number of carbonyl (C=O) groups is 1. The molecule has 1 aromatic carbocycles. The summed E-state index contributed by atoms with van der Waals surface area (Å²) in [4.78, 5) is 28.6. The number of imidazole rings is 2. The summed E-state index contributed by atoms with van der Waals surface area (Å²) in [6.45, 7) is 4.54. The Morgan fingerprint density at radius 1 is 1.16 bits per heavy atom. The van der Waals surface area contributed by atoms with E-state index < -0.39 is 0 Å². The van der Waals surface area contributed by atoms with Crippen molar-refractivity contribution in [1.82, 2.24) is 29.0 Å². The van der Waals surface area contributed by atoms with Gasteiger partial charge in [0, 0.05) is 36.3 Å². The van der Waals surface area contributed by atoms with Crippen LogP contribution in [0.15, 0.2) is 43.0 Å². The van der Waals surface area contributed by atoms with Crippen molar-refractivity contribution in [2.45, 2.75) is 45.2 Å². The van der Waals surface area contributed by atoms with E-state index in [2.05, 4.69) is 33.8 Å². The molecular weight excluding hydrogens is 388 g/mol. The van der Waals surface area contributed by atoms with Gasteiger partial charge >= 0.3 is 0 Å². The maximum atomic E-state index is 12.7. The van der Waals surface area contributed by atoms with Crippen LogP contribution in [0, 0.1) is 6.92 Å². The Labute approximate surface area is 180 Å². The molecule has 31 heavy (non-hydrogen) atoms. The van der Waals surface area contributed by atoms with Crippen molar-refractivity contribution < 1.29 is 4.79 Å². The van der Waals surface area contributed by atoms with E-state index in [1.54, 1.807) is 6.33 Å². The SMILES string of the molecule is Cc1cn(-c2cc3cccc(-c4nc(C5CC5)n5c4CN(C)C(=O)C5C)c3cn2)cn1. The Bertz CT molecular complexity index is 1350. The molecule has 7 nitrogen and oxygen atoms in total. The lowest BCUT2D eigenvalue weighted by molar-refractivity contribution is -0.135. The smallest absolute Gasteiger partial charge is 0.245 e. The summed E-state index contributed by atoms with van der Waals surface area (Å²) >= 11 is 0. The lowest BCUT2D eigenvalue weighted by atomic mass is 10.0. The molecule has 1 amide bonds. The van der Waals surface area contributed by atoms with Crippen LogP contribution in [0.5, 0.6) is 0 Å². The van der Waals surface area contributed by atoms with E-state index in [1.165, 1.54) is 0 Å². The van der Waals surface area contributed by atoms with Crippen molar-refractivity contribution in [3.63, 3.8) is 0 Å². The predicted molar refractivity (Wildman–Crippen MR) is 118 cm³/mol. The fraction of sp³-hybridized carbons (Fsp3) is 0.333. The van der Waals surface area contributed by atoms with Gasteiger partial charge in [-0.05, 0) is 38.1 Å². The first-order chi connectivity index (χ1) is 15.0. The van der Waals surface area contributed by atoms with Crippen LogP contribution in [0.4, 0.5) is 0 Å². The average molecular weight is 412 g/mol. The van der Waals surface area contributed by atoms with Gasteiger partial charge in [-0.2, -0.15) is 0 Å². The first kappa shape index (κ1) is 18.3. The summed E-state index contributed by atoms with van der Waals surface area (Å²) in [6, 6.07) is 8.17. The van der Waals surface area contributed by atoms with Gasteiger partial charge in [0.15, 0.2) is 0 Å². The molecule has 1 fully saturated rings. The Hall–Kier alpha value is -3.48. The third-order valence-electron chi connectivity index (χ3n) is 6.47. The molecule has 0 N–H and O–H groups in total. The molecule has 6 rings (SSSR count). The van der Waals surface area contributed by atoms with E-state index in [0.29, 0.717) is 12.5 Å². The first-order valence-corrected chi connectivity index (χ1v) is 10.8. The highest BCUT2D eigenvalue weighted by Crippen LogP contribution is 2.44. The zero-order valence-electron chi connectivity index (χ0n) is 17.9. The summed E-state index contributed by atoms with van der Waals surface area (Å²) in [7, 11) is 1.87. The van der Waals surface area contributed by atoms with Gasteiger partial charge in [0.2, 0.25) is 5.91 Å². The number of nitrogens with zero attached hydrogens (tertiary/aromatic N) is 6. The van der Waals surface area contributed by atoms with Crippen molar-refractivity contribution in [2.75, 3.05) is 7.05 Å². The largest absolute Gasteiger partial charge is 0.338 e. The van der Waals surface area contributed by atoms with Crippen LogP contribution in [-0.2, 0) is 11.3 Å². The maximum absolute atomic E-state index is 12.7. The standard InChI is InChI=1S/C24H24N6O/c1-14-11-29(13-26-14)21-9-17-5-4-6-18(19(17)10-25-21)22-20-12-28(3)24(31)15(2)30(20)23(27-22)16-7-8-16/h4-6,9-11,13,15-16H,7-8,12H2,1-3H3. The third-order valence-corrected chi connectivity index (χ3v) is 6.47. The minimum absolute atomic E-state index is 0.151. The Kier molecular flexibility index (Phi) is 3.84. The van der Waals surface area contributed by atoms with E-state index in [1.807, 2.05) is 42.8 Å². The van der Waals surface area contributed by atoms with Gasteiger partial charge in [-0.25, -0.2) is 15.0 Å². The molecular formula is C24H24N6O. The number of aryl methyl sites for hydroxylation is 1. The number of amides is 1. The molecule has 0 radical (unpaired) electrons. The lowest BCUT2D eigenvalue weighted by Gasteiger charge is -2.31. The topological polar surface area (TPSA) is 68.8 Å². The Morgan fingerprint density at radius 3 is 2.74 bits per heavy atom. The normalized spacial score (nSPS) is 18.6. The van der Waals surface area contributed by atoms with Crippen molar-refractivity contribution in [2.24, 2.45) is 0 Å². The number of likely N-dealkylation sites (N-methyl/N-ethyl adjacent to an activating group) is 1. The van der Waals surface area contributed by atoms with Crippen LogP contribution in [0.2, 0.25) is 0 Å². The fourth-order valence-electron chi connectivity index (χ4n) is 4.70. The molecule has 3 aromatic heterocycles. The molecule has 0 saturated heterocycles. The summed E-state index contributed by atoms with van der Waals surface area (Å²) in [5, 5.41) is 2.18. The Morgan fingerprint density at radius 2 is 2.00 bits per heavy atom. The minimum atomic E-state index is -0.213. The van der Waals surface area contributed by atoms with Crippen molar-refractivity contribution in [3.05, 3.63) is 60.2 Å². The first-order valence-electron chi connectivity index (χ1n) is 10.8. The number of hydrogen-bond acceptors (Lipinski definition) is 4. The summed E-state index contributed by atoms with van der Waals surface area (Å²) < 4.78 is 4.14. The van der Waals surface area contributed by atoms with Gasteiger partial charge in [-0.1, -0.05) is 18.2 Å². The molecule has 2 aliphatic rings. The molecule has 0 spiro atoms. The van der Waals surface area contributed by atoms with Crippen LogP contribution in [-0.4, -0.2) is 41.9 Å². The molecule has 1 unspecified atom stereocenters. The lowest BCUT2D eigenvalue weighted by Crippen LogP contribution is -2.39. The summed E-state index contributed by atoms with van der Waals surface area (Å²) in [6.07, 6.45) is 7.99. The molecule has 7 heteroatoms. The molecule has 1 aliphatic heterocycles. The zero-order chi connectivity index (χ0) is 21.3. The van der Waals surface area contributed by atoms with E-state index in [9.17, 15) is 4.79 Å². The van der Waals surface area contributed by atoms with Crippen molar-refractivity contribution >= 4 is 16.7 Å². The molecule has 1 saturated carbocycles. The number of rotatable bonds is 3. The number of benzene rings is 1. The molecule has 1 atom stereocenters. The monoisotopic (exact) mass is 412 g/mol. The van der Waals surface area contributed by atoms with E-state index in [0.717, 1.165) is 57.9 Å². The second-order valence-corrected chi connectivity index (χ2v) is 8.77. The van der Waals surface area contributed by atoms with Gasteiger partial charge in [0.05, 0.1) is 23.6 Å². The third kappa shape index (κ3) is 2.80. The Balaban J connectivity index is 1.53. The van der Waals surface area contributed by atoms with Gasteiger partial charge in [0.25, 0.3) is 0 Å². The van der Waals surface area contributed by atoms with Crippen molar-refractivity contribution in [3.8, 4) is 17.1 Å². The summed E-state index contributed by atoms with van der Waals surface area (Å²) in [5.74, 6) is 2.53. The van der Waals surface area contributed by atoms with Crippen LogP contribution in [0.25, 0.3) is 27.8 Å². The zero-order valence-corrected chi connectivity index (χ0v) is 17.9. The number of hydrogen-bond donors (Lipinski definition) is 0. The van der Waals surface area contributed by atoms with Gasteiger partial charge in [-0.15, -0.1) is 0 Å². The van der Waals surface area contributed by atoms with Gasteiger partial charge < -0.3 is 9.47 Å². The molecule has 1 aliphatic carbocycles. The molecule has 4 heterocycles. The highest BCUT2D eigenvalue weighted by Gasteiger charge is 2.38. The van der Waals surface area contributed by atoms with Crippen LogP contribution in [0.1, 0.15) is 48.9 Å². The van der Waals surface area contributed by atoms with E-state index >= 15 is 0 Å². The fourth-order valence-corrected chi connectivity index (χ4v) is 4.70. The van der Waals surface area contributed by atoms with E-state index in [-0.39, 0.29) is 11.9 Å². The minimum Gasteiger partial charge on any atom is -0.338 e. The van der Waals surface area contributed by atoms with Crippen LogP contribution in [0.3, 0.4) is 0 Å². The number of carbonyl (C=O) groups excluding carboxylic acids is 1. The molecule has 4 aromatic rings. The van der Waals surface area contributed by atoms with Crippen molar-refractivity contribution in [1.29, 1.82) is 0 Å². The number of aromatic nitrogens is 5. The number of pyridine rings is 1. The number of fused-ring (bicyclic) bond motifs is 2. The van der Waals surface area contributed by atoms with Crippen LogP contribution < -0.4 is 0 Å². The molecule has 0 bridgehead atoms. The van der Waals surface area contributed by atoms with E-state index in [4.69, 9.17) is 9.97 Å². The second-order valence-electron chi connectivity index (χ2n) is 8.77.